The molecule has 9 nitrogen and oxygen atoms in total. The van der Waals surface area contributed by atoms with Crippen molar-refractivity contribution < 1.29 is 26.9 Å². The second-order valence-electron chi connectivity index (χ2n) is 8.94. The Morgan fingerprint density at radius 2 is 1.76 bits per heavy atom. The summed E-state index contributed by atoms with van der Waals surface area (Å²) >= 11 is 0. The molecule has 1 aromatic heterocycles. The average Bonchev–Trinajstić information content (AvgIpc) is 3.18. The summed E-state index contributed by atoms with van der Waals surface area (Å²) in [5.41, 5.74) is 0.706. The van der Waals surface area contributed by atoms with E-state index in [0.29, 0.717) is 56.6 Å². The van der Waals surface area contributed by atoms with Crippen LogP contribution < -0.4 is 5.32 Å². The maximum absolute atomic E-state index is 13.2. The van der Waals surface area contributed by atoms with Gasteiger partial charge in [-0.05, 0) is 63.8 Å². The van der Waals surface area contributed by atoms with Gasteiger partial charge in [0.2, 0.25) is 15.9 Å². The number of rotatable bonds is 5. The first-order chi connectivity index (χ1) is 16.2. The Morgan fingerprint density at radius 1 is 1.09 bits per heavy atom. The van der Waals surface area contributed by atoms with Gasteiger partial charge in [0.05, 0.1) is 5.92 Å². The smallest absolute Gasteiger partial charge is 0.251 e. The minimum atomic E-state index is -3.79. The highest BCUT2D eigenvalue weighted by Crippen LogP contribution is 2.29. The number of piperidine rings is 2. The van der Waals surface area contributed by atoms with E-state index in [0.717, 1.165) is 0 Å². The number of aromatic nitrogens is 1. The molecule has 1 atom stereocenters. The predicted octanol–water partition coefficient (Wildman–Crippen LogP) is 2.25. The summed E-state index contributed by atoms with van der Waals surface area (Å²) in [6, 6.07) is 5.29. The van der Waals surface area contributed by atoms with Crippen molar-refractivity contribution in [3.05, 3.63) is 47.1 Å². The van der Waals surface area contributed by atoms with Crippen LogP contribution in [0.15, 0.2) is 33.7 Å². The highest BCUT2D eigenvalue weighted by Gasteiger charge is 2.38. The predicted molar refractivity (Wildman–Crippen MR) is 121 cm³/mol. The maximum atomic E-state index is 13.2. The molecule has 2 fully saturated rings. The summed E-state index contributed by atoms with van der Waals surface area (Å²) in [5.74, 6) is -0.881. The van der Waals surface area contributed by atoms with Crippen molar-refractivity contribution in [2.24, 2.45) is 5.92 Å². The van der Waals surface area contributed by atoms with E-state index < -0.39 is 21.8 Å². The van der Waals surface area contributed by atoms with Crippen molar-refractivity contribution in [3.63, 3.8) is 0 Å². The third-order valence-corrected chi connectivity index (χ3v) is 8.66. The van der Waals surface area contributed by atoms with Crippen LogP contribution >= 0.6 is 0 Å². The first-order valence-electron chi connectivity index (χ1n) is 11.4. The van der Waals surface area contributed by atoms with Crippen LogP contribution in [0.4, 0.5) is 4.39 Å². The summed E-state index contributed by atoms with van der Waals surface area (Å²) in [4.78, 5) is 27.4. The molecule has 0 aliphatic carbocycles. The topological polar surface area (TPSA) is 113 Å². The molecule has 3 heterocycles. The van der Waals surface area contributed by atoms with Gasteiger partial charge in [0.1, 0.15) is 16.4 Å². The number of halogens is 1. The number of benzene rings is 1. The molecule has 2 saturated heterocycles. The van der Waals surface area contributed by atoms with Gasteiger partial charge in [-0.15, -0.1) is 0 Å². The van der Waals surface area contributed by atoms with Crippen LogP contribution in [0.2, 0.25) is 0 Å². The van der Waals surface area contributed by atoms with Gasteiger partial charge in [0, 0.05) is 37.8 Å². The van der Waals surface area contributed by atoms with Crippen molar-refractivity contribution in [1.82, 2.24) is 19.7 Å². The maximum Gasteiger partial charge on any atom is 0.251 e. The monoisotopic (exact) mass is 492 g/mol. The number of nitrogens with zero attached hydrogens (tertiary/aromatic N) is 3. The van der Waals surface area contributed by atoms with Crippen molar-refractivity contribution in [2.75, 3.05) is 26.2 Å². The van der Waals surface area contributed by atoms with Crippen molar-refractivity contribution >= 4 is 21.8 Å². The molecule has 1 unspecified atom stereocenters. The molecule has 2 aliphatic heterocycles. The zero-order chi connectivity index (χ0) is 24.5. The van der Waals surface area contributed by atoms with Crippen molar-refractivity contribution in [3.8, 4) is 0 Å². The summed E-state index contributed by atoms with van der Waals surface area (Å²) in [7, 11) is -3.79. The number of carbonyl (C=O) groups is 2. The quantitative estimate of drug-likeness (QED) is 0.685. The third-order valence-electron chi connectivity index (χ3n) is 6.55. The molecule has 2 amide bonds. The molecule has 1 aromatic carbocycles. The number of aryl methyl sites for hydroxylation is 2. The second-order valence-corrected chi connectivity index (χ2v) is 10.8. The van der Waals surface area contributed by atoms with Crippen LogP contribution in [-0.4, -0.2) is 66.8 Å². The fourth-order valence-electron chi connectivity index (χ4n) is 4.71. The first kappa shape index (κ1) is 24.3. The van der Waals surface area contributed by atoms with Crippen LogP contribution in [0.3, 0.4) is 0 Å². The van der Waals surface area contributed by atoms with Crippen molar-refractivity contribution in [1.29, 1.82) is 0 Å². The minimum absolute atomic E-state index is 0.0537. The fourth-order valence-corrected chi connectivity index (χ4v) is 6.52. The summed E-state index contributed by atoms with van der Waals surface area (Å²) in [6.07, 6.45) is 2.44. The molecular weight excluding hydrogens is 463 g/mol. The largest absolute Gasteiger partial charge is 0.360 e. The van der Waals surface area contributed by atoms with Gasteiger partial charge < -0.3 is 14.7 Å². The SMILES string of the molecule is Cc1noc(C)c1S(=O)(=O)N1CCCC(C(=O)N2CCC(NC(=O)c3ccc(F)cc3)CC2)C1. The van der Waals surface area contributed by atoms with Crippen LogP contribution in [0, 0.1) is 25.6 Å². The second kappa shape index (κ2) is 9.83. The van der Waals surface area contributed by atoms with Crippen LogP contribution in [-0.2, 0) is 14.8 Å². The van der Waals surface area contributed by atoms with E-state index in [2.05, 4.69) is 10.5 Å². The van der Waals surface area contributed by atoms with E-state index in [9.17, 15) is 22.4 Å². The number of hydrogen-bond acceptors (Lipinski definition) is 6. The van der Waals surface area contributed by atoms with Gasteiger partial charge in [0.15, 0.2) is 5.76 Å². The normalized spacial score (nSPS) is 20.3. The number of carbonyl (C=O) groups excluding carboxylic acids is 2. The molecule has 2 aromatic rings. The van der Waals surface area contributed by atoms with Gasteiger partial charge in [-0.3, -0.25) is 9.59 Å². The average molecular weight is 493 g/mol. The van der Waals surface area contributed by atoms with Crippen LogP contribution in [0.25, 0.3) is 0 Å². The Morgan fingerprint density at radius 3 is 2.38 bits per heavy atom. The molecule has 34 heavy (non-hydrogen) atoms. The highest BCUT2D eigenvalue weighted by atomic mass is 32.2. The van der Waals surface area contributed by atoms with E-state index in [4.69, 9.17) is 4.52 Å². The van der Waals surface area contributed by atoms with Crippen LogP contribution in [0.5, 0.6) is 0 Å². The zero-order valence-corrected chi connectivity index (χ0v) is 20.1. The van der Waals surface area contributed by atoms with E-state index >= 15 is 0 Å². The van der Waals surface area contributed by atoms with Gasteiger partial charge in [-0.2, -0.15) is 4.31 Å². The summed E-state index contributed by atoms with van der Waals surface area (Å²) < 4.78 is 45.8. The van der Waals surface area contributed by atoms with Crippen LogP contribution in [0.1, 0.15) is 47.5 Å². The number of amides is 2. The lowest BCUT2D eigenvalue weighted by atomic mass is 9.96. The van der Waals surface area contributed by atoms with Crippen molar-refractivity contribution in [2.45, 2.75) is 50.5 Å². The highest BCUT2D eigenvalue weighted by molar-refractivity contribution is 7.89. The lowest BCUT2D eigenvalue weighted by Gasteiger charge is -2.37. The summed E-state index contributed by atoms with van der Waals surface area (Å²) in [6.45, 7) is 4.62. The summed E-state index contributed by atoms with van der Waals surface area (Å²) in [5, 5.41) is 6.70. The Balaban J connectivity index is 1.33. The van der Waals surface area contributed by atoms with E-state index in [1.807, 2.05) is 0 Å². The molecule has 4 rings (SSSR count). The lowest BCUT2D eigenvalue weighted by molar-refractivity contribution is -0.137. The Hall–Kier alpha value is -2.79. The molecule has 0 bridgehead atoms. The van der Waals surface area contributed by atoms with Gasteiger partial charge in [0.25, 0.3) is 5.91 Å². The molecule has 0 spiro atoms. The number of sulfonamides is 1. The number of likely N-dealkylation sites (tertiary alicyclic amines) is 1. The number of nitrogens with one attached hydrogen (secondary N) is 1. The van der Waals surface area contributed by atoms with E-state index in [-0.39, 0.29) is 35.1 Å². The molecule has 184 valence electrons. The Bertz CT molecular complexity index is 1140. The minimum Gasteiger partial charge on any atom is -0.360 e. The lowest BCUT2D eigenvalue weighted by Crippen LogP contribution is -2.51. The zero-order valence-electron chi connectivity index (χ0n) is 19.3. The molecule has 0 saturated carbocycles. The first-order valence-corrected chi connectivity index (χ1v) is 12.9. The standard InChI is InChI=1S/C23H29FN4O5S/c1-15-21(16(2)33-26-15)34(31,32)28-11-3-4-18(14-28)23(30)27-12-9-20(10-13-27)25-22(29)17-5-7-19(24)8-6-17/h5-8,18,20H,3-4,9-14H2,1-2H3,(H,25,29). The van der Waals surface area contributed by atoms with Gasteiger partial charge >= 0.3 is 0 Å². The van der Waals surface area contributed by atoms with E-state index in [1.54, 1.807) is 18.7 Å². The molecule has 1 N–H and O–H groups in total. The Labute approximate surface area is 198 Å². The van der Waals surface area contributed by atoms with E-state index in [1.165, 1.54) is 28.6 Å². The molecular formula is C23H29FN4O5S. The van der Waals surface area contributed by atoms with Gasteiger partial charge in [-0.25, -0.2) is 12.8 Å². The molecule has 0 radical (unpaired) electrons. The Kier molecular flexibility index (Phi) is 7.04. The third kappa shape index (κ3) is 5.00. The molecule has 11 heteroatoms. The molecule has 2 aliphatic rings. The van der Waals surface area contributed by atoms with Gasteiger partial charge in [-0.1, -0.05) is 5.16 Å². The fraction of sp³-hybridized carbons (Fsp3) is 0.522. The number of hydrogen-bond donors (Lipinski definition) is 1.